The van der Waals surface area contributed by atoms with Gasteiger partial charge in [0.15, 0.2) is 0 Å². The van der Waals surface area contributed by atoms with E-state index in [4.69, 9.17) is 14.2 Å². The second kappa shape index (κ2) is 7.15. The highest BCUT2D eigenvalue weighted by Gasteiger charge is 2.40. The molecule has 1 aromatic carbocycles. The molecule has 6 nitrogen and oxygen atoms in total. The second-order valence-corrected chi connectivity index (χ2v) is 6.27. The van der Waals surface area contributed by atoms with Crippen molar-refractivity contribution in [3.05, 3.63) is 54.1 Å². The summed E-state index contributed by atoms with van der Waals surface area (Å²) in [6, 6.07) is 9.97. The Bertz CT molecular complexity index is 679. The molecule has 1 aromatic heterocycles. The zero-order chi connectivity index (χ0) is 17.0. The van der Waals surface area contributed by atoms with E-state index in [-0.39, 0.29) is 24.0 Å². The molecule has 1 aliphatic heterocycles. The van der Waals surface area contributed by atoms with Crippen LogP contribution >= 0.6 is 0 Å². The van der Waals surface area contributed by atoms with Gasteiger partial charge >= 0.3 is 5.97 Å². The minimum Gasteiger partial charge on any atom is -0.460 e. The quantitative estimate of drug-likeness (QED) is 0.729. The predicted octanol–water partition coefficient (Wildman–Crippen LogP) is 2.31. The van der Waals surface area contributed by atoms with E-state index in [1.807, 2.05) is 41.8 Å². The summed E-state index contributed by atoms with van der Waals surface area (Å²) in [5.74, 6) is -0.377. The van der Waals surface area contributed by atoms with Crippen LogP contribution in [-0.2, 0) is 14.2 Å². The summed E-state index contributed by atoms with van der Waals surface area (Å²) in [5.41, 5.74) is 1.33. The van der Waals surface area contributed by atoms with Gasteiger partial charge in [-0.25, -0.2) is 9.78 Å². The standard InChI is InChI=1S/C18H22N2O4/c1-14(15-6-4-3-5-7-15)20-13-19-8-16(20)17(21)24-12-18(9-22-2)10-23-11-18/h3-8,13-14H,9-12H2,1-2H3. The lowest BCUT2D eigenvalue weighted by Crippen LogP contribution is -2.50. The molecule has 1 unspecified atom stereocenters. The minimum atomic E-state index is -0.377. The number of hydrogen-bond donors (Lipinski definition) is 0. The van der Waals surface area contributed by atoms with Crippen LogP contribution in [0, 0.1) is 5.41 Å². The summed E-state index contributed by atoms with van der Waals surface area (Å²) >= 11 is 0. The summed E-state index contributed by atoms with van der Waals surface area (Å²) in [4.78, 5) is 16.6. The third-order valence-electron chi connectivity index (χ3n) is 4.35. The summed E-state index contributed by atoms with van der Waals surface area (Å²) in [5, 5.41) is 0. The molecule has 0 bridgehead atoms. The average Bonchev–Trinajstić information content (AvgIpc) is 3.06. The third kappa shape index (κ3) is 3.34. The fourth-order valence-electron chi connectivity index (χ4n) is 2.86. The average molecular weight is 330 g/mol. The van der Waals surface area contributed by atoms with Crippen molar-refractivity contribution in [3.8, 4) is 0 Å². The molecule has 0 amide bonds. The summed E-state index contributed by atoms with van der Waals surface area (Å²) in [7, 11) is 1.64. The van der Waals surface area contributed by atoms with Crippen LogP contribution < -0.4 is 0 Å². The number of rotatable bonds is 7. The van der Waals surface area contributed by atoms with Gasteiger partial charge in [-0.2, -0.15) is 0 Å². The lowest BCUT2D eigenvalue weighted by atomic mass is 9.88. The molecule has 2 aromatic rings. The Hall–Kier alpha value is -2.18. The fourth-order valence-corrected chi connectivity index (χ4v) is 2.86. The molecule has 0 N–H and O–H groups in total. The lowest BCUT2D eigenvalue weighted by Gasteiger charge is -2.39. The Balaban J connectivity index is 1.69. The number of imidazole rings is 1. The van der Waals surface area contributed by atoms with Crippen LogP contribution in [0.15, 0.2) is 42.9 Å². The highest BCUT2D eigenvalue weighted by Crippen LogP contribution is 2.28. The molecular weight excluding hydrogens is 308 g/mol. The molecule has 1 aliphatic rings. The van der Waals surface area contributed by atoms with Crippen LogP contribution in [0.3, 0.4) is 0 Å². The number of carbonyl (C=O) groups excluding carboxylic acids is 1. The molecule has 128 valence electrons. The largest absolute Gasteiger partial charge is 0.460 e. The maximum atomic E-state index is 12.5. The predicted molar refractivity (Wildman–Crippen MR) is 87.9 cm³/mol. The monoisotopic (exact) mass is 330 g/mol. The Kier molecular flexibility index (Phi) is 4.97. The molecule has 1 saturated heterocycles. The number of aromatic nitrogens is 2. The van der Waals surface area contributed by atoms with Crippen LogP contribution in [0.4, 0.5) is 0 Å². The van der Waals surface area contributed by atoms with Gasteiger partial charge in [0.25, 0.3) is 0 Å². The van der Waals surface area contributed by atoms with Crippen LogP contribution in [0.2, 0.25) is 0 Å². The van der Waals surface area contributed by atoms with E-state index in [1.54, 1.807) is 19.6 Å². The van der Waals surface area contributed by atoms with E-state index in [0.29, 0.717) is 25.5 Å². The van der Waals surface area contributed by atoms with Crippen molar-refractivity contribution in [1.29, 1.82) is 0 Å². The molecule has 6 heteroatoms. The number of nitrogens with zero attached hydrogens (tertiary/aromatic N) is 2. The highest BCUT2D eigenvalue weighted by atomic mass is 16.6. The normalized spacial score (nSPS) is 17.1. The van der Waals surface area contributed by atoms with E-state index in [1.165, 1.54) is 0 Å². The maximum absolute atomic E-state index is 12.5. The molecule has 24 heavy (non-hydrogen) atoms. The van der Waals surface area contributed by atoms with Crippen molar-refractivity contribution in [2.24, 2.45) is 5.41 Å². The number of hydrogen-bond acceptors (Lipinski definition) is 5. The van der Waals surface area contributed by atoms with Crippen LogP contribution in [0.5, 0.6) is 0 Å². The van der Waals surface area contributed by atoms with Crippen molar-refractivity contribution in [2.45, 2.75) is 13.0 Å². The van der Waals surface area contributed by atoms with Gasteiger partial charge in [-0.15, -0.1) is 0 Å². The molecule has 0 aliphatic carbocycles. The van der Waals surface area contributed by atoms with E-state index in [9.17, 15) is 4.79 Å². The van der Waals surface area contributed by atoms with E-state index >= 15 is 0 Å². The molecular formula is C18H22N2O4. The lowest BCUT2D eigenvalue weighted by molar-refractivity contribution is -0.164. The maximum Gasteiger partial charge on any atom is 0.356 e. The van der Waals surface area contributed by atoms with E-state index in [0.717, 1.165) is 5.56 Å². The Labute approximate surface area is 141 Å². The first-order valence-corrected chi connectivity index (χ1v) is 7.96. The smallest absolute Gasteiger partial charge is 0.356 e. The van der Waals surface area contributed by atoms with Gasteiger partial charge in [-0.05, 0) is 12.5 Å². The number of ether oxygens (including phenoxy) is 3. The van der Waals surface area contributed by atoms with Gasteiger partial charge < -0.3 is 18.8 Å². The Morgan fingerprint density at radius 2 is 2.08 bits per heavy atom. The van der Waals surface area contributed by atoms with Gasteiger partial charge in [0.1, 0.15) is 12.3 Å². The first kappa shape index (κ1) is 16.7. The number of benzene rings is 1. The summed E-state index contributed by atoms with van der Waals surface area (Å²) in [6.07, 6.45) is 3.20. The zero-order valence-corrected chi connectivity index (χ0v) is 14.0. The topological polar surface area (TPSA) is 62.6 Å². The van der Waals surface area contributed by atoms with Crippen molar-refractivity contribution in [1.82, 2.24) is 9.55 Å². The highest BCUT2D eigenvalue weighted by molar-refractivity contribution is 5.87. The van der Waals surface area contributed by atoms with Crippen molar-refractivity contribution < 1.29 is 19.0 Å². The second-order valence-electron chi connectivity index (χ2n) is 6.27. The van der Waals surface area contributed by atoms with Crippen LogP contribution in [0.1, 0.15) is 29.0 Å². The molecule has 1 fully saturated rings. The van der Waals surface area contributed by atoms with Gasteiger partial charge in [-0.1, -0.05) is 30.3 Å². The Morgan fingerprint density at radius 1 is 1.33 bits per heavy atom. The molecule has 0 saturated carbocycles. The first-order chi connectivity index (χ1) is 11.7. The minimum absolute atomic E-state index is 0.00350. The number of carbonyl (C=O) groups is 1. The molecule has 0 spiro atoms. The number of esters is 1. The van der Waals surface area contributed by atoms with Crippen molar-refractivity contribution >= 4 is 5.97 Å². The van der Waals surface area contributed by atoms with Gasteiger partial charge in [0, 0.05) is 7.11 Å². The molecule has 1 atom stereocenters. The van der Waals surface area contributed by atoms with E-state index < -0.39 is 0 Å². The molecule has 2 heterocycles. The van der Waals surface area contributed by atoms with Crippen LogP contribution in [-0.4, -0.2) is 49.1 Å². The third-order valence-corrected chi connectivity index (χ3v) is 4.35. The van der Waals surface area contributed by atoms with Crippen molar-refractivity contribution in [2.75, 3.05) is 33.5 Å². The Morgan fingerprint density at radius 3 is 2.71 bits per heavy atom. The molecule has 0 radical (unpaired) electrons. The van der Waals surface area contributed by atoms with Gasteiger partial charge in [0.2, 0.25) is 0 Å². The van der Waals surface area contributed by atoms with E-state index in [2.05, 4.69) is 4.98 Å². The fraction of sp³-hybridized carbons (Fsp3) is 0.444. The van der Waals surface area contributed by atoms with Gasteiger partial charge in [-0.3, -0.25) is 0 Å². The zero-order valence-electron chi connectivity index (χ0n) is 14.0. The number of methoxy groups -OCH3 is 1. The first-order valence-electron chi connectivity index (χ1n) is 7.96. The summed E-state index contributed by atoms with van der Waals surface area (Å²) in [6.45, 7) is 3.92. The molecule has 3 rings (SSSR count). The summed E-state index contributed by atoms with van der Waals surface area (Å²) < 4.78 is 17.8. The van der Waals surface area contributed by atoms with Gasteiger partial charge in [0.05, 0.1) is 43.8 Å². The van der Waals surface area contributed by atoms with Crippen LogP contribution in [0.25, 0.3) is 0 Å². The van der Waals surface area contributed by atoms with Crippen molar-refractivity contribution in [3.63, 3.8) is 0 Å². The SMILES string of the molecule is COCC1(COC(=O)c2cncn2C(C)c2ccccc2)COC1.